The Balaban J connectivity index is 1.67. The molecule has 0 unspecified atom stereocenters. The summed E-state index contributed by atoms with van der Waals surface area (Å²) in [6.45, 7) is 4.44. The van der Waals surface area contributed by atoms with Crippen LogP contribution in [0.1, 0.15) is 41.6 Å². The minimum Gasteiger partial charge on any atom is -0.485 e. The van der Waals surface area contributed by atoms with Crippen molar-refractivity contribution in [1.82, 2.24) is 10.1 Å². The summed E-state index contributed by atoms with van der Waals surface area (Å²) in [7, 11) is 0. The summed E-state index contributed by atoms with van der Waals surface area (Å²) in [6.07, 6.45) is 2.33. The van der Waals surface area contributed by atoms with Gasteiger partial charge >= 0.3 is 0 Å². The molecule has 4 heteroatoms. The molecule has 0 radical (unpaired) electrons. The van der Waals surface area contributed by atoms with Crippen LogP contribution in [0.5, 0.6) is 5.75 Å². The van der Waals surface area contributed by atoms with E-state index in [1.807, 2.05) is 19.9 Å². The third kappa shape index (κ3) is 2.37. The molecule has 1 saturated carbocycles. The lowest BCUT2D eigenvalue weighted by molar-refractivity contribution is 0.283. The van der Waals surface area contributed by atoms with Gasteiger partial charge in [0.1, 0.15) is 5.75 Å². The summed E-state index contributed by atoms with van der Waals surface area (Å²) in [4.78, 5) is 4.34. The molecule has 0 bridgehead atoms. The Kier molecular flexibility index (Phi) is 2.78. The van der Waals surface area contributed by atoms with Crippen molar-refractivity contribution in [2.24, 2.45) is 0 Å². The van der Waals surface area contributed by atoms with Gasteiger partial charge in [0.2, 0.25) is 11.7 Å². The van der Waals surface area contributed by atoms with Gasteiger partial charge in [-0.15, -0.1) is 0 Å². The fourth-order valence-corrected chi connectivity index (χ4v) is 1.83. The van der Waals surface area contributed by atoms with Gasteiger partial charge in [0.15, 0.2) is 6.61 Å². The van der Waals surface area contributed by atoms with E-state index in [4.69, 9.17) is 9.26 Å². The Bertz CT molecular complexity index is 559. The summed E-state index contributed by atoms with van der Waals surface area (Å²) in [5, 5.41) is 3.93. The smallest absolute Gasteiger partial charge is 0.229 e. The van der Waals surface area contributed by atoms with Crippen LogP contribution in [0, 0.1) is 13.8 Å². The maximum atomic E-state index is 5.73. The van der Waals surface area contributed by atoms with Crippen molar-refractivity contribution in [1.29, 1.82) is 0 Å². The van der Waals surface area contributed by atoms with Crippen molar-refractivity contribution < 1.29 is 9.26 Å². The fourth-order valence-electron chi connectivity index (χ4n) is 1.83. The Morgan fingerprint density at radius 1 is 1.33 bits per heavy atom. The van der Waals surface area contributed by atoms with Gasteiger partial charge in [-0.1, -0.05) is 17.3 Å². The predicted octanol–water partition coefficient (Wildman–Crippen LogP) is 3.14. The molecule has 3 rings (SSSR count). The van der Waals surface area contributed by atoms with Crippen LogP contribution in [-0.4, -0.2) is 10.1 Å². The lowest BCUT2D eigenvalue weighted by Crippen LogP contribution is -1.99. The number of hydrogen-bond donors (Lipinski definition) is 0. The van der Waals surface area contributed by atoms with E-state index in [1.165, 1.54) is 18.4 Å². The molecule has 1 aliphatic rings. The second kappa shape index (κ2) is 4.44. The molecule has 2 aromatic rings. The molecule has 0 N–H and O–H groups in total. The molecule has 4 nitrogen and oxygen atoms in total. The van der Waals surface area contributed by atoms with E-state index in [-0.39, 0.29) is 0 Å². The molecule has 1 aromatic carbocycles. The molecule has 1 heterocycles. The number of rotatable bonds is 4. The molecule has 0 atom stereocenters. The molecule has 0 aliphatic heterocycles. The third-order valence-electron chi connectivity index (χ3n) is 3.11. The first-order valence-corrected chi connectivity index (χ1v) is 6.25. The van der Waals surface area contributed by atoms with Crippen molar-refractivity contribution in [2.75, 3.05) is 0 Å². The van der Waals surface area contributed by atoms with Crippen LogP contribution in [0.25, 0.3) is 0 Å². The van der Waals surface area contributed by atoms with E-state index in [9.17, 15) is 0 Å². The highest BCUT2D eigenvalue weighted by molar-refractivity contribution is 5.35. The predicted molar refractivity (Wildman–Crippen MR) is 66.5 cm³/mol. The standard InChI is InChI=1S/C14H16N2O2/c1-9-3-4-10(2)12(7-9)17-8-13-15-14(18-16-13)11-5-6-11/h3-4,7,11H,5-6,8H2,1-2H3. The van der Waals surface area contributed by atoms with Crippen LogP contribution in [0.4, 0.5) is 0 Å². The molecule has 1 aromatic heterocycles. The van der Waals surface area contributed by atoms with Crippen LogP contribution < -0.4 is 4.74 Å². The van der Waals surface area contributed by atoms with Crippen LogP contribution >= 0.6 is 0 Å². The van der Waals surface area contributed by atoms with Crippen LogP contribution in [-0.2, 0) is 6.61 Å². The zero-order valence-electron chi connectivity index (χ0n) is 10.6. The quantitative estimate of drug-likeness (QED) is 0.829. The average molecular weight is 244 g/mol. The first-order valence-electron chi connectivity index (χ1n) is 6.25. The van der Waals surface area contributed by atoms with Gasteiger partial charge in [0.05, 0.1) is 0 Å². The molecule has 0 spiro atoms. The number of benzene rings is 1. The topological polar surface area (TPSA) is 48.2 Å². The molecular weight excluding hydrogens is 228 g/mol. The van der Waals surface area contributed by atoms with Gasteiger partial charge in [-0.05, 0) is 43.9 Å². The Hall–Kier alpha value is -1.84. The van der Waals surface area contributed by atoms with Gasteiger partial charge in [-0.2, -0.15) is 4.98 Å². The van der Waals surface area contributed by atoms with Gasteiger partial charge in [0, 0.05) is 5.92 Å². The largest absolute Gasteiger partial charge is 0.485 e. The highest BCUT2D eigenvalue weighted by atomic mass is 16.5. The maximum absolute atomic E-state index is 5.73. The first-order chi connectivity index (χ1) is 8.72. The van der Waals surface area contributed by atoms with Crippen LogP contribution in [0.2, 0.25) is 0 Å². The zero-order chi connectivity index (χ0) is 12.5. The number of ether oxygens (including phenoxy) is 1. The molecule has 0 amide bonds. The van der Waals surface area contributed by atoms with Crippen LogP contribution in [0.15, 0.2) is 22.7 Å². The third-order valence-corrected chi connectivity index (χ3v) is 3.11. The second-order valence-corrected chi connectivity index (χ2v) is 4.88. The summed E-state index contributed by atoms with van der Waals surface area (Å²) in [5.74, 6) is 2.76. The summed E-state index contributed by atoms with van der Waals surface area (Å²) >= 11 is 0. The van der Waals surface area contributed by atoms with E-state index >= 15 is 0 Å². The van der Waals surface area contributed by atoms with E-state index in [0.29, 0.717) is 18.3 Å². The van der Waals surface area contributed by atoms with Gasteiger partial charge < -0.3 is 9.26 Å². The van der Waals surface area contributed by atoms with Gasteiger partial charge in [-0.25, -0.2) is 0 Å². The molecule has 18 heavy (non-hydrogen) atoms. The SMILES string of the molecule is Cc1ccc(C)c(OCc2noc(C3CC3)n2)c1. The Morgan fingerprint density at radius 2 is 2.17 bits per heavy atom. The van der Waals surface area contributed by atoms with E-state index < -0.39 is 0 Å². The zero-order valence-corrected chi connectivity index (χ0v) is 10.6. The van der Waals surface area contributed by atoms with Gasteiger partial charge in [0.25, 0.3) is 0 Å². The average Bonchev–Trinajstić information content (AvgIpc) is 3.10. The fraction of sp³-hybridized carbons (Fsp3) is 0.429. The number of nitrogens with zero attached hydrogens (tertiary/aromatic N) is 2. The first kappa shape index (κ1) is 11.3. The van der Waals surface area contributed by atoms with Crippen molar-refractivity contribution in [2.45, 2.75) is 39.2 Å². The lowest BCUT2D eigenvalue weighted by Gasteiger charge is -2.07. The van der Waals surface area contributed by atoms with E-state index in [0.717, 1.165) is 17.2 Å². The van der Waals surface area contributed by atoms with Crippen molar-refractivity contribution in [3.05, 3.63) is 41.0 Å². The minimum atomic E-state index is 0.362. The summed E-state index contributed by atoms with van der Waals surface area (Å²) in [5.41, 5.74) is 2.30. The number of hydrogen-bond acceptors (Lipinski definition) is 4. The lowest BCUT2D eigenvalue weighted by atomic mass is 10.1. The van der Waals surface area contributed by atoms with Crippen molar-refractivity contribution in [3.63, 3.8) is 0 Å². The Labute approximate surface area is 106 Å². The number of aryl methyl sites for hydroxylation is 2. The van der Waals surface area contributed by atoms with E-state index in [1.54, 1.807) is 0 Å². The molecule has 0 saturated heterocycles. The monoisotopic (exact) mass is 244 g/mol. The second-order valence-electron chi connectivity index (χ2n) is 4.88. The maximum Gasteiger partial charge on any atom is 0.229 e. The highest BCUT2D eigenvalue weighted by Gasteiger charge is 2.29. The van der Waals surface area contributed by atoms with Crippen molar-refractivity contribution in [3.8, 4) is 5.75 Å². The highest BCUT2D eigenvalue weighted by Crippen LogP contribution is 2.38. The normalized spacial score (nSPS) is 14.8. The van der Waals surface area contributed by atoms with E-state index in [2.05, 4.69) is 22.3 Å². The molecule has 94 valence electrons. The molecule has 1 fully saturated rings. The number of aromatic nitrogens is 2. The van der Waals surface area contributed by atoms with Crippen molar-refractivity contribution >= 4 is 0 Å². The summed E-state index contributed by atoms with van der Waals surface area (Å²) in [6, 6.07) is 6.15. The molecular formula is C14H16N2O2. The van der Waals surface area contributed by atoms with Crippen LogP contribution in [0.3, 0.4) is 0 Å². The minimum absolute atomic E-state index is 0.362. The summed E-state index contributed by atoms with van der Waals surface area (Å²) < 4.78 is 10.9. The Morgan fingerprint density at radius 3 is 2.94 bits per heavy atom. The molecule has 1 aliphatic carbocycles. The van der Waals surface area contributed by atoms with Gasteiger partial charge in [-0.3, -0.25) is 0 Å².